The maximum Gasteiger partial charge on any atom is 0.255 e. The van der Waals surface area contributed by atoms with Gasteiger partial charge in [-0.2, -0.15) is 0 Å². The number of hydrogen-bond acceptors (Lipinski definition) is 4. The van der Waals surface area contributed by atoms with Gasteiger partial charge in [0, 0.05) is 29.3 Å². The van der Waals surface area contributed by atoms with E-state index in [1.54, 1.807) is 11.3 Å². The summed E-state index contributed by atoms with van der Waals surface area (Å²) in [6.45, 7) is 4.98. The summed E-state index contributed by atoms with van der Waals surface area (Å²) in [4.78, 5) is 18.2. The van der Waals surface area contributed by atoms with Gasteiger partial charge in [-0.3, -0.25) is 4.79 Å². The number of thiazole rings is 1. The summed E-state index contributed by atoms with van der Waals surface area (Å²) in [7, 11) is 0. The topological polar surface area (TPSA) is 56.1 Å². The predicted octanol–water partition coefficient (Wildman–Crippen LogP) is 6.52. The Hall–Kier alpha value is -2.44. The molecule has 1 unspecified atom stereocenters. The van der Waals surface area contributed by atoms with Crippen LogP contribution in [0.4, 0.5) is 0 Å². The van der Waals surface area contributed by atoms with Crippen LogP contribution in [0, 0.1) is 6.92 Å². The van der Waals surface area contributed by atoms with Crippen LogP contribution < -0.4 is 5.32 Å². The van der Waals surface area contributed by atoms with Crippen LogP contribution in [-0.4, -0.2) is 28.3 Å². The lowest BCUT2D eigenvalue weighted by Crippen LogP contribution is -2.34. The molecule has 1 amide bonds. The van der Waals surface area contributed by atoms with Crippen LogP contribution in [0.2, 0.25) is 0 Å². The number of nitrogens with one attached hydrogen (secondary N) is 1. The Morgan fingerprint density at radius 1 is 1.18 bits per heavy atom. The molecule has 0 bridgehead atoms. The minimum atomic E-state index is -0.171. The number of hydrogen-bond donors (Lipinski definition) is 1. The van der Waals surface area contributed by atoms with Gasteiger partial charge in [-0.05, 0) is 56.7 Å². The van der Waals surface area contributed by atoms with Crippen molar-refractivity contribution in [2.24, 2.45) is 0 Å². The maximum atomic E-state index is 13.2. The van der Waals surface area contributed by atoms with Gasteiger partial charge >= 0.3 is 0 Å². The van der Waals surface area contributed by atoms with Gasteiger partial charge in [-0.1, -0.05) is 44.4 Å². The van der Waals surface area contributed by atoms with Crippen LogP contribution in [0.5, 0.6) is 0 Å². The number of rotatable bonds is 6. The summed E-state index contributed by atoms with van der Waals surface area (Å²) in [5.41, 5.74) is 6.28. The number of aromatic nitrogens is 2. The minimum Gasteiger partial charge on any atom is -0.359 e. The van der Waals surface area contributed by atoms with Crippen molar-refractivity contribution in [3.8, 4) is 22.0 Å². The SMILES string of the molecule is CCc1cccc(-c2nc(-c3cc(C(=O)NC4CCCO4)c(C)n3C3CCCCC3)cs2)c1. The third-order valence-electron chi connectivity index (χ3n) is 7.05. The molecule has 174 valence electrons. The number of nitrogens with zero attached hydrogens (tertiary/aromatic N) is 2. The Morgan fingerprint density at radius 3 is 2.79 bits per heavy atom. The van der Waals surface area contributed by atoms with Crippen molar-refractivity contribution in [1.29, 1.82) is 0 Å². The van der Waals surface area contributed by atoms with E-state index in [0.29, 0.717) is 6.04 Å². The lowest BCUT2D eigenvalue weighted by molar-refractivity contribution is 0.0639. The lowest BCUT2D eigenvalue weighted by Gasteiger charge is -2.27. The predicted molar refractivity (Wildman–Crippen MR) is 134 cm³/mol. The maximum absolute atomic E-state index is 13.2. The Bertz CT molecular complexity index is 1120. The lowest BCUT2D eigenvalue weighted by atomic mass is 9.95. The van der Waals surface area contributed by atoms with E-state index < -0.39 is 0 Å². The number of ether oxygens (including phenoxy) is 1. The van der Waals surface area contributed by atoms with Crippen LogP contribution in [0.3, 0.4) is 0 Å². The summed E-state index contributed by atoms with van der Waals surface area (Å²) in [6.07, 6.45) is 8.82. The summed E-state index contributed by atoms with van der Waals surface area (Å²) in [6, 6.07) is 11.1. The monoisotopic (exact) mass is 463 g/mol. The molecular weight excluding hydrogens is 430 g/mol. The van der Waals surface area contributed by atoms with Crippen LogP contribution in [0.25, 0.3) is 22.0 Å². The molecule has 0 spiro atoms. The largest absolute Gasteiger partial charge is 0.359 e. The van der Waals surface area contributed by atoms with Gasteiger partial charge in [-0.25, -0.2) is 4.98 Å². The molecule has 6 heteroatoms. The molecule has 1 aliphatic carbocycles. The number of benzene rings is 1. The smallest absolute Gasteiger partial charge is 0.255 e. The summed E-state index contributed by atoms with van der Waals surface area (Å²) in [5.74, 6) is -0.0405. The minimum absolute atomic E-state index is 0.0405. The van der Waals surface area contributed by atoms with Gasteiger partial charge in [0.05, 0.1) is 17.0 Å². The third kappa shape index (κ3) is 4.64. The molecule has 1 aromatic carbocycles. The number of carbonyl (C=O) groups excluding carboxylic acids is 1. The fourth-order valence-electron chi connectivity index (χ4n) is 5.22. The molecule has 1 saturated heterocycles. The zero-order chi connectivity index (χ0) is 22.8. The highest BCUT2D eigenvalue weighted by Crippen LogP contribution is 2.38. The molecule has 1 N–H and O–H groups in total. The van der Waals surface area contributed by atoms with Crippen molar-refractivity contribution in [3.63, 3.8) is 0 Å². The Labute approximate surface area is 200 Å². The standard InChI is InChI=1S/C27H33N3O2S/c1-3-19-9-7-10-20(15-19)27-28-23(17-33-27)24-16-22(26(31)29-25-13-8-14-32-25)18(2)30(24)21-11-5-4-6-12-21/h7,9-10,15-17,21,25H,3-6,8,11-14H2,1-2H3,(H,29,31). The van der Waals surface area contributed by atoms with Crippen LogP contribution >= 0.6 is 11.3 Å². The van der Waals surface area contributed by atoms with Crippen molar-refractivity contribution < 1.29 is 9.53 Å². The third-order valence-corrected chi connectivity index (χ3v) is 7.94. The molecule has 5 nitrogen and oxygen atoms in total. The highest BCUT2D eigenvalue weighted by atomic mass is 32.1. The molecule has 3 heterocycles. The second-order valence-electron chi connectivity index (χ2n) is 9.26. The molecule has 1 saturated carbocycles. The molecule has 2 fully saturated rings. The van der Waals surface area contributed by atoms with E-state index in [9.17, 15) is 4.79 Å². The second-order valence-corrected chi connectivity index (χ2v) is 10.1. The fraction of sp³-hybridized carbons (Fsp3) is 0.481. The number of amides is 1. The van der Waals surface area contributed by atoms with Gasteiger partial charge in [0.1, 0.15) is 11.2 Å². The van der Waals surface area contributed by atoms with E-state index in [-0.39, 0.29) is 12.1 Å². The van der Waals surface area contributed by atoms with E-state index in [1.165, 1.54) is 24.8 Å². The molecule has 0 radical (unpaired) electrons. The van der Waals surface area contributed by atoms with Gasteiger partial charge in [-0.15, -0.1) is 11.3 Å². The zero-order valence-electron chi connectivity index (χ0n) is 19.6. The molecule has 5 rings (SSSR count). The Morgan fingerprint density at radius 2 is 2.03 bits per heavy atom. The van der Waals surface area contributed by atoms with Gasteiger partial charge < -0.3 is 14.6 Å². The number of aryl methyl sites for hydroxylation is 1. The summed E-state index contributed by atoms with van der Waals surface area (Å²) >= 11 is 1.68. The zero-order valence-corrected chi connectivity index (χ0v) is 20.4. The van der Waals surface area contributed by atoms with Gasteiger partial charge in [0.2, 0.25) is 0 Å². The average Bonchev–Trinajstić information content (AvgIpc) is 3.60. The molecule has 1 aliphatic heterocycles. The van der Waals surface area contributed by atoms with Crippen molar-refractivity contribution >= 4 is 17.2 Å². The molecule has 2 aliphatic rings. The van der Waals surface area contributed by atoms with Crippen molar-refractivity contribution in [1.82, 2.24) is 14.9 Å². The quantitative estimate of drug-likeness (QED) is 0.453. The van der Waals surface area contributed by atoms with Gasteiger partial charge in [0.15, 0.2) is 0 Å². The Balaban J connectivity index is 1.51. The first-order valence-corrected chi connectivity index (χ1v) is 13.2. The first kappa shape index (κ1) is 22.4. The van der Waals surface area contributed by atoms with Crippen molar-refractivity contribution in [3.05, 3.63) is 52.5 Å². The first-order valence-electron chi connectivity index (χ1n) is 12.3. The van der Waals surface area contributed by atoms with E-state index >= 15 is 0 Å². The summed E-state index contributed by atoms with van der Waals surface area (Å²) in [5, 5.41) is 6.25. The average molecular weight is 464 g/mol. The summed E-state index contributed by atoms with van der Waals surface area (Å²) < 4.78 is 8.04. The second kappa shape index (κ2) is 9.82. The van der Waals surface area contributed by atoms with Crippen LogP contribution in [-0.2, 0) is 11.2 Å². The van der Waals surface area contributed by atoms with Crippen LogP contribution in [0.1, 0.15) is 79.5 Å². The molecule has 3 aromatic rings. The highest BCUT2D eigenvalue weighted by Gasteiger charge is 2.27. The molecule has 1 atom stereocenters. The van der Waals surface area contributed by atoms with Crippen molar-refractivity contribution in [2.45, 2.75) is 77.5 Å². The fourth-order valence-corrected chi connectivity index (χ4v) is 6.03. The normalized spacial score (nSPS) is 19.2. The number of carbonyl (C=O) groups is 1. The Kier molecular flexibility index (Phi) is 6.65. The molecular formula is C27H33N3O2S. The van der Waals surface area contributed by atoms with E-state index in [2.05, 4.69) is 59.4 Å². The first-order chi connectivity index (χ1) is 16.1. The van der Waals surface area contributed by atoms with E-state index in [1.807, 2.05) is 0 Å². The molecule has 2 aromatic heterocycles. The molecule has 33 heavy (non-hydrogen) atoms. The highest BCUT2D eigenvalue weighted by molar-refractivity contribution is 7.13. The van der Waals surface area contributed by atoms with Crippen LogP contribution in [0.15, 0.2) is 35.7 Å². The van der Waals surface area contributed by atoms with E-state index in [4.69, 9.17) is 9.72 Å². The van der Waals surface area contributed by atoms with Crippen molar-refractivity contribution in [2.75, 3.05) is 6.61 Å². The van der Waals surface area contributed by atoms with E-state index in [0.717, 1.165) is 71.9 Å². The van der Waals surface area contributed by atoms with Gasteiger partial charge in [0.25, 0.3) is 5.91 Å².